The Morgan fingerprint density at radius 3 is 2.32 bits per heavy atom. The summed E-state index contributed by atoms with van der Waals surface area (Å²) in [4.78, 5) is 11.3. The molecule has 0 spiro atoms. The van der Waals surface area contributed by atoms with E-state index in [1.165, 1.54) is 19.2 Å². The highest BCUT2D eigenvalue weighted by Crippen LogP contribution is 2.12. The molecule has 0 aliphatic rings. The van der Waals surface area contributed by atoms with Crippen molar-refractivity contribution in [2.75, 3.05) is 12.4 Å². The lowest BCUT2D eigenvalue weighted by atomic mass is 10.2. The van der Waals surface area contributed by atoms with Gasteiger partial charge in [0.05, 0.1) is 12.7 Å². The molecule has 2 rings (SSSR count). The van der Waals surface area contributed by atoms with Crippen LogP contribution in [0.3, 0.4) is 0 Å². The van der Waals surface area contributed by atoms with Gasteiger partial charge in [0.15, 0.2) is 0 Å². The van der Waals surface area contributed by atoms with Gasteiger partial charge in [-0.1, -0.05) is 12.1 Å². The zero-order valence-electron chi connectivity index (χ0n) is 10.5. The normalized spacial score (nSPS) is 10.0. The molecule has 0 radical (unpaired) electrons. The third-order valence-corrected chi connectivity index (χ3v) is 2.72. The van der Waals surface area contributed by atoms with E-state index in [9.17, 15) is 9.18 Å². The van der Waals surface area contributed by atoms with Crippen molar-refractivity contribution < 1.29 is 13.9 Å². The summed E-state index contributed by atoms with van der Waals surface area (Å²) in [6.45, 7) is 0.595. The van der Waals surface area contributed by atoms with E-state index in [-0.39, 0.29) is 11.8 Å². The Morgan fingerprint density at radius 2 is 1.74 bits per heavy atom. The summed E-state index contributed by atoms with van der Waals surface area (Å²) in [5.74, 6) is -0.601. The van der Waals surface area contributed by atoms with Crippen LogP contribution in [0.5, 0.6) is 0 Å². The number of methoxy groups -OCH3 is 1. The van der Waals surface area contributed by atoms with Gasteiger partial charge < -0.3 is 10.1 Å². The molecular formula is C15H14FNO2. The van der Waals surface area contributed by atoms with Crippen molar-refractivity contribution in [3.05, 3.63) is 65.5 Å². The number of halogens is 1. The molecule has 0 fully saturated rings. The molecule has 0 amide bonds. The fourth-order valence-electron chi connectivity index (χ4n) is 1.65. The number of anilines is 1. The Labute approximate surface area is 111 Å². The second kappa shape index (κ2) is 6.00. The summed E-state index contributed by atoms with van der Waals surface area (Å²) in [6.07, 6.45) is 0. The predicted octanol–water partition coefficient (Wildman–Crippen LogP) is 3.22. The van der Waals surface area contributed by atoms with Crippen LogP contribution < -0.4 is 5.32 Å². The van der Waals surface area contributed by atoms with Gasteiger partial charge in [-0.05, 0) is 42.0 Å². The van der Waals surface area contributed by atoms with E-state index in [1.807, 2.05) is 0 Å². The van der Waals surface area contributed by atoms with Gasteiger partial charge >= 0.3 is 5.97 Å². The highest BCUT2D eigenvalue weighted by Gasteiger charge is 2.03. The Kier molecular flexibility index (Phi) is 4.13. The molecule has 0 aliphatic heterocycles. The van der Waals surface area contributed by atoms with Gasteiger partial charge in [0.25, 0.3) is 0 Å². The number of hydrogen-bond acceptors (Lipinski definition) is 3. The first-order chi connectivity index (χ1) is 9.19. The quantitative estimate of drug-likeness (QED) is 0.857. The Morgan fingerprint density at radius 1 is 1.11 bits per heavy atom. The highest BCUT2D eigenvalue weighted by atomic mass is 19.1. The first kappa shape index (κ1) is 13.1. The lowest BCUT2D eigenvalue weighted by Gasteiger charge is -2.07. The van der Waals surface area contributed by atoms with Gasteiger partial charge in [-0.25, -0.2) is 9.18 Å². The number of nitrogens with one attached hydrogen (secondary N) is 1. The molecule has 0 heterocycles. The van der Waals surface area contributed by atoms with Crippen LogP contribution in [0, 0.1) is 5.82 Å². The number of carbonyl (C=O) groups excluding carboxylic acids is 1. The minimum absolute atomic E-state index is 0.244. The van der Waals surface area contributed by atoms with Crippen LogP contribution in [0.4, 0.5) is 10.1 Å². The number of rotatable bonds is 4. The minimum atomic E-state index is -0.356. The van der Waals surface area contributed by atoms with Gasteiger partial charge in [0, 0.05) is 12.2 Å². The summed E-state index contributed by atoms with van der Waals surface area (Å²) in [5, 5.41) is 3.19. The number of carbonyl (C=O) groups is 1. The van der Waals surface area contributed by atoms with E-state index in [0.717, 1.165) is 11.3 Å². The number of hydrogen-bond donors (Lipinski definition) is 1. The monoisotopic (exact) mass is 259 g/mol. The molecule has 0 aliphatic carbocycles. The topological polar surface area (TPSA) is 38.3 Å². The van der Waals surface area contributed by atoms with Gasteiger partial charge in [0.2, 0.25) is 0 Å². The third-order valence-electron chi connectivity index (χ3n) is 2.72. The van der Waals surface area contributed by atoms with Crippen molar-refractivity contribution in [3.8, 4) is 0 Å². The SMILES string of the molecule is COC(=O)c1ccc(NCc2ccc(F)cc2)cc1. The van der Waals surface area contributed by atoms with Crippen LogP contribution in [0.15, 0.2) is 48.5 Å². The van der Waals surface area contributed by atoms with Crippen molar-refractivity contribution in [2.45, 2.75) is 6.54 Å². The van der Waals surface area contributed by atoms with E-state index in [2.05, 4.69) is 10.1 Å². The van der Waals surface area contributed by atoms with Crippen molar-refractivity contribution >= 4 is 11.7 Å². The fourth-order valence-corrected chi connectivity index (χ4v) is 1.65. The lowest BCUT2D eigenvalue weighted by molar-refractivity contribution is 0.0601. The van der Waals surface area contributed by atoms with Crippen LogP contribution in [-0.2, 0) is 11.3 Å². The molecule has 4 heteroatoms. The average Bonchev–Trinajstić information content (AvgIpc) is 2.46. The smallest absolute Gasteiger partial charge is 0.337 e. The van der Waals surface area contributed by atoms with Gasteiger partial charge in [-0.15, -0.1) is 0 Å². The highest BCUT2D eigenvalue weighted by molar-refractivity contribution is 5.89. The van der Waals surface area contributed by atoms with Crippen LogP contribution in [0.1, 0.15) is 15.9 Å². The average molecular weight is 259 g/mol. The predicted molar refractivity (Wildman–Crippen MR) is 71.5 cm³/mol. The van der Waals surface area contributed by atoms with E-state index >= 15 is 0 Å². The fraction of sp³-hybridized carbons (Fsp3) is 0.133. The summed E-state index contributed by atoms with van der Waals surface area (Å²) >= 11 is 0. The maximum atomic E-state index is 12.7. The minimum Gasteiger partial charge on any atom is -0.465 e. The molecule has 98 valence electrons. The van der Waals surface area contributed by atoms with Crippen molar-refractivity contribution in [1.82, 2.24) is 0 Å². The third kappa shape index (κ3) is 3.55. The van der Waals surface area contributed by atoms with Crippen LogP contribution >= 0.6 is 0 Å². The second-order valence-corrected chi connectivity index (χ2v) is 4.05. The number of esters is 1. The molecule has 2 aromatic rings. The van der Waals surface area contributed by atoms with Crippen LogP contribution in [-0.4, -0.2) is 13.1 Å². The molecule has 0 bridgehead atoms. The van der Waals surface area contributed by atoms with E-state index in [4.69, 9.17) is 0 Å². The van der Waals surface area contributed by atoms with Crippen molar-refractivity contribution in [2.24, 2.45) is 0 Å². The van der Waals surface area contributed by atoms with E-state index in [1.54, 1.807) is 36.4 Å². The molecule has 1 N–H and O–H groups in total. The lowest BCUT2D eigenvalue weighted by Crippen LogP contribution is -2.02. The molecule has 19 heavy (non-hydrogen) atoms. The number of benzene rings is 2. The second-order valence-electron chi connectivity index (χ2n) is 4.05. The molecule has 0 saturated carbocycles. The molecule has 0 saturated heterocycles. The van der Waals surface area contributed by atoms with Crippen molar-refractivity contribution in [3.63, 3.8) is 0 Å². The number of ether oxygens (including phenoxy) is 1. The maximum absolute atomic E-state index is 12.7. The first-order valence-corrected chi connectivity index (χ1v) is 5.86. The molecular weight excluding hydrogens is 245 g/mol. The molecule has 0 atom stereocenters. The Bertz CT molecular complexity index is 549. The summed E-state index contributed by atoms with van der Waals surface area (Å²) in [6, 6.07) is 13.3. The first-order valence-electron chi connectivity index (χ1n) is 5.86. The molecule has 0 aromatic heterocycles. The standard InChI is InChI=1S/C15H14FNO2/c1-19-15(18)12-4-8-14(9-5-12)17-10-11-2-6-13(16)7-3-11/h2-9,17H,10H2,1H3. The van der Waals surface area contributed by atoms with Crippen molar-refractivity contribution in [1.29, 1.82) is 0 Å². The molecule has 0 unspecified atom stereocenters. The van der Waals surface area contributed by atoms with E-state index < -0.39 is 0 Å². The zero-order chi connectivity index (χ0) is 13.7. The maximum Gasteiger partial charge on any atom is 0.337 e. The molecule has 2 aromatic carbocycles. The Balaban J connectivity index is 1.96. The Hall–Kier alpha value is -2.36. The zero-order valence-corrected chi connectivity index (χ0v) is 10.5. The van der Waals surface area contributed by atoms with Gasteiger partial charge in [-0.2, -0.15) is 0 Å². The largest absolute Gasteiger partial charge is 0.465 e. The van der Waals surface area contributed by atoms with Crippen LogP contribution in [0.2, 0.25) is 0 Å². The summed E-state index contributed by atoms with van der Waals surface area (Å²) < 4.78 is 17.4. The summed E-state index contributed by atoms with van der Waals surface area (Å²) in [7, 11) is 1.35. The van der Waals surface area contributed by atoms with Crippen LogP contribution in [0.25, 0.3) is 0 Å². The van der Waals surface area contributed by atoms with Gasteiger partial charge in [0.1, 0.15) is 5.82 Å². The summed E-state index contributed by atoms with van der Waals surface area (Å²) in [5.41, 5.74) is 2.38. The van der Waals surface area contributed by atoms with E-state index in [0.29, 0.717) is 12.1 Å². The van der Waals surface area contributed by atoms with Gasteiger partial charge in [-0.3, -0.25) is 0 Å². The molecule has 3 nitrogen and oxygen atoms in total.